The Bertz CT molecular complexity index is 1800. The van der Waals surface area contributed by atoms with Crippen molar-refractivity contribution < 1.29 is 19.0 Å². The molecule has 0 spiro atoms. The molecule has 3 aromatic rings. The van der Waals surface area contributed by atoms with Crippen molar-refractivity contribution in [3.8, 4) is 28.2 Å². The third kappa shape index (κ3) is 5.45. The van der Waals surface area contributed by atoms with Gasteiger partial charge in [0.05, 0.1) is 36.8 Å². The summed E-state index contributed by atoms with van der Waals surface area (Å²) in [5, 5.41) is 16.6. The molecule has 218 valence electrons. The molecule has 0 unspecified atom stereocenters. The number of nitrogens with zero attached hydrogens (tertiary/aromatic N) is 4. The first-order valence-corrected chi connectivity index (χ1v) is 14.6. The van der Waals surface area contributed by atoms with Gasteiger partial charge in [-0.2, -0.15) is 0 Å². The first-order chi connectivity index (χ1) is 21.2. The Morgan fingerprint density at radius 3 is 2.40 bits per heavy atom. The van der Waals surface area contributed by atoms with Crippen LogP contribution < -0.4 is 19.8 Å². The van der Waals surface area contributed by atoms with E-state index in [2.05, 4.69) is 57.2 Å². The van der Waals surface area contributed by atoms with Crippen molar-refractivity contribution in [3.05, 3.63) is 101 Å². The van der Waals surface area contributed by atoms with Crippen LogP contribution in [0, 0.1) is 4.91 Å². The number of rotatable bonds is 6. The van der Waals surface area contributed by atoms with Crippen LogP contribution in [0.25, 0.3) is 33.4 Å². The van der Waals surface area contributed by atoms with Crippen LogP contribution in [0.5, 0.6) is 5.75 Å². The average molecular weight is 578 g/mol. The van der Waals surface area contributed by atoms with E-state index < -0.39 is 0 Å². The van der Waals surface area contributed by atoms with Crippen molar-refractivity contribution in [2.24, 2.45) is 5.29 Å². The van der Waals surface area contributed by atoms with Crippen molar-refractivity contribution in [3.63, 3.8) is 0 Å². The predicted octanol–water partition coefficient (Wildman–Crippen LogP) is 5.24. The van der Waals surface area contributed by atoms with Gasteiger partial charge in [-0.05, 0) is 53.6 Å². The van der Waals surface area contributed by atoms with Gasteiger partial charge in [0.2, 0.25) is 5.36 Å². The van der Waals surface area contributed by atoms with Crippen molar-refractivity contribution in [1.29, 1.82) is 0 Å². The van der Waals surface area contributed by atoms with Crippen LogP contribution in [-0.4, -0.2) is 57.7 Å². The molecule has 4 aliphatic rings. The molecule has 1 aliphatic carbocycles. The monoisotopic (exact) mass is 577 g/mol. The minimum absolute atomic E-state index is 0.133. The minimum atomic E-state index is 0.133. The van der Waals surface area contributed by atoms with Crippen LogP contribution in [0.15, 0.2) is 94.6 Å². The van der Waals surface area contributed by atoms with Gasteiger partial charge in [0, 0.05) is 47.4 Å². The number of ether oxygens (including phenoxy) is 2. The highest BCUT2D eigenvalue weighted by Gasteiger charge is 2.23. The molecule has 2 fully saturated rings. The van der Waals surface area contributed by atoms with E-state index in [-0.39, 0.29) is 12.3 Å². The molecule has 0 saturated carbocycles. The van der Waals surface area contributed by atoms with E-state index in [1.54, 1.807) is 24.3 Å². The summed E-state index contributed by atoms with van der Waals surface area (Å²) in [7, 11) is 0. The summed E-state index contributed by atoms with van der Waals surface area (Å²) in [5.41, 5.74) is 6.48. The number of nitroso groups, excluding NO2 is 1. The van der Waals surface area contributed by atoms with Crippen LogP contribution in [0.2, 0.25) is 0 Å². The molecule has 0 bridgehead atoms. The highest BCUT2D eigenvalue weighted by molar-refractivity contribution is 6.03. The fraction of sp³-hybridized carbons (Fsp3) is 0.265. The lowest BCUT2D eigenvalue weighted by Gasteiger charge is -2.29. The third-order valence-electron chi connectivity index (χ3n) is 8.29. The second-order valence-corrected chi connectivity index (χ2v) is 10.8. The second kappa shape index (κ2) is 11.9. The molecule has 0 atom stereocenters. The number of fused-ring (bicyclic) bond motifs is 2. The molecular weight excluding hydrogens is 544 g/mol. The number of hydrogen-bond acceptors (Lipinski definition) is 7. The Balaban J connectivity index is 1.41. The molecule has 9 heteroatoms. The molecule has 9 nitrogen and oxygen atoms in total. The van der Waals surface area contributed by atoms with Crippen LogP contribution in [-0.2, 0) is 16.0 Å². The van der Waals surface area contributed by atoms with Gasteiger partial charge in [0.25, 0.3) is 0 Å². The normalized spacial score (nSPS) is 15.6. The van der Waals surface area contributed by atoms with Crippen LogP contribution in [0.3, 0.4) is 0 Å². The number of benzene rings is 4. The van der Waals surface area contributed by atoms with Gasteiger partial charge in [-0.3, -0.25) is 0 Å². The largest absolute Gasteiger partial charge is 0.508 e. The second-order valence-electron chi connectivity index (χ2n) is 10.8. The SMILES string of the molecule is O=NN(Cc1ccccc1-c1c2ccc(=[N+]3CCOCC3)cc-2oc2cc(N3CCOCC3)ccc12)c1ccc(O)cc1. The van der Waals surface area contributed by atoms with E-state index >= 15 is 0 Å². The summed E-state index contributed by atoms with van der Waals surface area (Å²) >= 11 is 0. The molecule has 0 radical (unpaired) electrons. The summed E-state index contributed by atoms with van der Waals surface area (Å²) in [6.45, 7) is 6.42. The zero-order chi connectivity index (χ0) is 29.2. The van der Waals surface area contributed by atoms with Crippen molar-refractivity contribution >= 4 is 22.3 Å². The van der Waals surface area contributed by atoms with Gasteiger partial charge in [-0.25, -0.2) is 9.58 Å². The summed E-state index contributed by atoms with van der Waals surface area (Å²) in [5.74, 6) is 0.929. The quantitative estimate of drug-likeness (QED) is 0.128. The van der Waals surface area contributed by atoms with Crippen LogP contribution in [0.4, 0.5) is 11.4 Å². The molecule has 0 aromatic heterocycles. The summed E-state index contributed by atoms with van der Waals surface area (Å²) < 4.78 is 20.2. The Morgan fingerprint density at radius 1 is 0.837 bits per heavy atom. The van der Waals surface area contributed by atoms with Crippen molar-refractivity contribution in [1.82, 2.24) is 4.58 Å². The fourth-order valence-corrected chi connectivity index (χ4v) is 6.05. The number of anilines is 2. The number of phenolic OH excluding ortho intramolecular Hbond substituents is 1. The summed E-state index contributed by atoms with van der Waals surface area (Å²) in [6.07, 6.45) is 0. The van der Waals surface area contributed by atoms with E-state index in [1.165, 1.54) is 5.01 Å². The van der Waals surface area contributed by atoms with E-state index in [0.29, 0.717) is 32.1 Å². The molecule has 43 heavy (non-hydrogen) atoms. The maximum atomic E-state index is 12.0. The van der Waals surface area contributed by atoms with Gasteiger partial charge in [-0.1, -0.05) is 24.3 Å². The zero-order valence-electron chi connectivity index (χ0n) is 23.8. The van der Waals surface area contributed by atoms with E-state index in [4.69, 9.17) is 13.9 Å². The first kappa shape index (κ1) is 27.1. The van der Waals surface area contributed by atoms with Gasteiger partial charge < -0.3 is 23.9 Å². The fourth-order valence-electron chi connectivity index (χ4n) is 6.05. The van der Waals surface area contributed by atoms with Crippen LogP contribution in [0.1, 0.15) is 5.56 Å². The molecule has 3 aliphatic heterocycles. The smallest absolute Gasteiger partial charge is 0.203 e. The van der Waals surface area contributed by atoms with Gasteiger partial charge in [0.15, 0.2) is 13.1 Å². The van der Waals surface area contributed by atoms with Crippen molar-refractivity contribution in [2.45, 2.75) is 6.54 Å². The lowest BCUT2D eigenvalue weighted by atomic mass is 9.90. The Kier molecular flexibility index (Phi) is 7.49. The topological polar surface area (TPSA) is 90.8 Å². The Hall–Kier alpha value is -4.73. The predicted molar refractivity (Wildman–Crippen MR) is 167 cm³/mol. The van der Waals surface area contributed by atoms with E-state index in [9.17, 15) is 10.0 Å². The van der Waals surface area contributed by atoms with Gasteiger partial charge >= 0.3 is 0 Å². The van der Waals surface area contributed by atoms with E-state index in [1.807, 2.05) is 18.2 Å². The standard InChI is InChI=1S/C34H32N4O5/c39-28-9-5-25(6-10-28)38(35-40)23-24-3-1-2-4-29(24)34-30-11-7-26(36-13-17-41-18-14-36)21-32(30)43-33-22-27(8-12-31(33)34)37-15-19-42-20-16-37/h1-12,21-22H,13-20,23H2/p+1. The molecule has 2 saturated heterocycles. The Morgan fingerprint density at radius 2 is 1.60 bits per heavy atom. The summed E-state index contributed by atoms with van der Waals surface area (Å²) in [4.78, 5) is 14.3. The van der Waals surface area contributed by atoms with E-state index in [0.717, 1.165) is 76.2 Å². The molecule has 7 rings (SSSR count). The number of phenols is 1. The molecule has 3 heterocycles. The highest BCUT2D eigenvalue weighted by atomic mass is 16.5. The minimum Gasteiger partial charge on any atom is -0.508 e. The van der Waals surface area contributed by atoms with Gasteiger partial charge in [0.1, 0.15) is 30.3 Å². The number of morpholine rings is 2. The van der Waals surface area contributed by atoms with Gasteiger partial charge in [-0.15, -0.1) is 4.91 Å². The Labute approximate surface area is 249 Å². The lowest BCUT2D eigenvalue weighted by molar-refractivity contribution is 0.0965. The highest BCUT2D eigenvalue weighted by Crippen LogP contribution is 2.42. The van der Waals surface area contributed by atoms with Crippen molar-refractivity contribution in [2.75, 3.05) is 62.5 Å². The number of hydrogen-bond donors (Lipinski definition) is 1. The summed E-state index contributed by atoms with van der Waals surface area (Å²) in [6, 6.07) is 27.4. The lowest BCUT2D eigenvalue weighted by Crippen LogP contribution is -2.39. The molecule has 0 amide bonds. The molecular formula is C34H33N4O5+. The maximum Gasteiger partial charge on any atom is 0.203 e. The maximum absolute atomic E-state index is 12.0. The zero-order valence-corrected chi connectivity index (χ0v) is 23.8. The molecule has 1 N–H and O–H groups in total. The third-order valence-corrected chi connectivity index (χ3v) is 8.29. The average Bonchev–Trinajstić information content (AvgIpc) is 3.07. The number of aromatic hydroxyl groups is 1. The molecule has 3 aromatic carbocycles. The van der Waals surface area contributed by atoms with Crippen LogP contribution >= 0.6 is 0 Å². The first-order valence-electron chi connectivity index (χ1n) is 14.6.